The fourth-order valence-electron chi connectivity index (χ4n) is 2.89. The lowest BCUT2D eigenvalue weighted by molar-refractivity contribution is 0.262. The van der Waals surface area contributed by atoms with E-state index in [1.165, 1.54) is 0 Å². The Morgan fingerprint density at radius 1 is 0.625 bits per heavy atom. The minimum absolute atomic E-state index is 0.248. The fraction of sp³-hybridized carbons (Fsp3) is 0. The molecule has 116 valence electrons. The maximum atomic E-state index is 12.3. The van der Waals surface area contributed by atoms with Gasteiger partial charge < -0.3 is 10.6 Å². The van der Waals surface area contributed by atoms with Gasteiger partial charge in [0.1, 0.15) is 0 Å². The molecule has 0 saturated carbocycles. The Balaban J connectivity index is 1.57. The van der Waals surface area contributed by atoms with E-state index >= 15 is 0 Å². The third-order valence-electron chi connectivity index (χ3n) is 4.05. The van der Waals surface area contributed by atoms with Crippen LogP contribution in [0.15, 0.2) is 84.9 Å². The summed E-state index contributed by atoms with van der Waals surface area (Å²) < 4.78 is 0. The van der Waals surface area contributed by atoms with Crippen LogP contribution in [0.1, 0.15) is 0 Å². The number of carbonyl (C=O) groups excluding carboxylic acids is 1. The van der Waals surface area contributed by atoms with Crippen molar-refractivity contribution in [3.8, 4) is 0 Å². The zero-order valence-electron chi connectivity index (χ0n) is 13.0. The van der Waals surface area contributed by atoms with Crippen molar-refractivity contribution in [2.75, 3.05) is 10.6 Å². The van der Waals surface area contributed by atoms with Crippen LogP contribution in [0.4, 0.5) is 16.2 Å². The van der Waals surface area contributed by atoms with Crippen LogP contribution < -0.4 is 10.6 Å². The van der Waals surface area contributed by atoms with E-state index in [0.717, 1.165) is 32.9 Å². The predicted octanol–water partition coefficient (Wildman–Crippen LogP) is 5.64. The summed E-state index contributed by atoms with van der Waals surface area (Å²) in [6.07, 6.45) is 0. The summed E-state index contributed by atoms with van der Waals surface area (Å²) >= 11 is 0. The lowest BCUT2D eigenvalue weighted by Gasteiger charge is -2.10. The molecule has 0 radical (unpaired) electrons. The first-order valence-corrected chi connectivity index (χ1v) is 7.84. The largest absolute Gasteiger partial charge is 0.323 e. The number of fused-ring (bicyclic) bond motifs is 2. The molecule has 4 rings (SSSR count). The van der Waals surface area contributed by atoms with Crippen LogP contribution in [0.25, 0.3) is 21.5 Å². The Morgan fingerprint density at radius 2 is 1.33 bits per heavy atom. The number of carbonyl (C=O) groups is 1. The molecule has 0 aliphatic carbocycles. The Hall–Kier alpha value is -3.33. The second-order valence-corrected chi connectivity index (χ2v) is 5.67. The van der Waals surface area contributed by atoms with Crippen LogP contribution >= 0.6 is 0 Å². The van der Waals surface area contributed by atoms with Gasteiger partial charge in [-0.05, 0) is 34.4 Å². The van der Waals surface area contributed by atoms with Crippen molar-refractivity contribution in [1.82, 2.24) is 0 Å². The molecule has 0 aliphatic rings. The molecule has 0 heterocycles. The molecule has 0 aliphatic heterocycles. The van der Waals surface area contributed by atoms with E-state index < -0.39 is 0 Å². The highest BCUT2D eigenvalue weighted by molar-refractivity contribution is 6.06. The molecule has 0 aromatic heterocycles. The molecule has 2 N–H and O–H groups in total. The number of amides is 2. The third kappa shape index (κ3) is 2.79. The molecule has 24 heavy (non-hydrogen) atoms. The van der Waals surface area contributed by atoms with Crippen molar-refractivity contribution in [1.29, 1.82) is 0 Å². The van der Waals surface area contributed by atoms with Crippen LogP contribution in [0.5, 0.6) is 0 Å². The van der Waals surface area contributed by atoms with Gasteiger partial charge in [-0.25, -0.2) is 4.79 Å². The van der Waals surface area contributed by atoms with E-state index in [1.54, 1.807) is 0 Å². The zero-order valence-corrected chi connectivity index (χ0v) is 13.0. The highest BCUT2D eigenvalue weighted by atomic mass is 16.2. The van der Waals surface area contributed by atoms with Gasteiger partial charge >= 0.3 is 6.03 Å². The van der Waals surface area contributed by atoms with Gasteiger partial charge in [-0.1, -0.05) is 66.7 Å². The molecular weight excluding hydrogens is 296 g/mol. The van der Waals surface area contributed by atoms with Gasteiger partial charge in [0.25, 0.3) is 0 Å². The van der Waals surface area contributed by atoms with Crippen LogP contribution in [-0.4, -0.2) is 6.03 Å². The van der Waals surface area contributed by atoms with Gasteiger partial charge in [0.15, 0.2) is 0 Å². The first-order chi connectivity index (χ1) is 11.8. The maximum absolute atomic E-state index is 12.3. The normalized spacial score (nSPS) is 10.7. The van der Waals surface area contributed by atoms with Crippen molar-refractivity contribution >= 4 is 39.0 Å². The quantitative estimate of drug-likeness (QED) is 0.494. The summed E-state index contributed by atoms with van der Waals surface area (Å²) in [5.74, 6) is 0. The number of urea groups is 1. The lowest BCUT2D eigenvalue weighted by atomic mass is 10.1. The van der Waals surface area contributed by atoms with Crippen LogP contribution in [-0.2, 0) is 0 Å². The Morgan fingerprint density at radius 3 is 2.21 bits per heavy atom. The van der Waals surface area contributed by atoms with E-state index in [9.17, 15) is 4.79 Å². The molecular formula is C21H16N2O. The van der Waals surface area contributed by atoms with Gasteiger partial charge in [-0.15, -0.1) is 0 Å². The molecule has 0 fully saturated rings. The van der Waals surface area contributed by atoms with E-state index in [2.05, 4.69) is 16.7 Å². The smallest absolute Gasteiger partial charge is 0.308 e. The second kappa shape index (κ2) is 6.05. The Bertz CT molecular complexity index is 1030. The molecule has 0 atom stereocenters. The number of rotatable bonds is 2. The van der Waals surface area contributed by atoms with E-state index in [4.69, 9.17) is 0 Å². The van der Waals surface area contributed by atoms with Crippen LogP contribution in [0.3, 0.4) is 0 Å². The van der Waals surface area contributed by atoms with E-state index in [0.29, 0.717) is 0 Å². The first-order valence-electron chi connectivity index (χ1n) is 7.84. The third-order valence-corrected chi connectivity index (χ3v) is 4.05. The van der Waals surface area contributed by atoms with Gasteiger partial charge in [0, 0.05) is 11.1 Å². The molecule has 4 aromatic carbocycles. The average molecular weight is 312 g/mol. The minimum atomic E-state index is -0.248. The maximum Gasteiger partial charge on any atom is 0.323 e. The van der Waals surface area contributed by atoms with Crippen molar-refractivity contribution < 1.29 is 4.79 Å². The van der Waals surface area contributed by atoms with Crippen molar-refractivity contribution in [2.45, 2.75) is 0 Å². The zero-order chi connectivity index (χ0) is 16.4. The highest BCUT2D eigenvalue weighted by Crippen LogP contribution is 2.23. The Kier molecular flexibility index (Phi) is 3.60. The fourth-order valence-corrected chi connectivity index (χ4v) is 2.89. The molecule has 0 unspecified atom stereocenters. The number of benzene rings is 4. The topological polar surface area (TPSA) is 41.1 Å². The molecule has 0 saturated heterocycles. The van der Waals surface area contributed by atoms with E-state index in [1.807, 2.05) is 78.9 Å². The van der Waals surface area contributed by atoms with Gasteiger partial charge in [0.2, 0.25) is 0 Å². The number of anilines is 2. The molecule has 2 amide bonds. The van der Waals surface area contributed by atoms with Gasteiger partial charge in [0.05, 0.1) is 5.69 Å². The number of hydrogen-bond donors (Lipinski definition) is 2. The predicted molar refractivity (Wildman–Crippen MR) is 101 cm³/mol. The van der Waals surface area contributed by atoms with Crippen LogP contribution in [0, 0.1) is 0 Å². The average Bonchev–Trinajstić information content (AvgIpc) is 2.62. The SMILES string of the molecule is O=C(Nc1ccc2ccccc2c1)Nc1cccc2ccccc12. The summed E-state index contributed by atoms with van der Waals surface area (Å²) in [4.78, 5) is 12.3. The summed E-state index contributed by atoms with van der Waals surface area (Å²) in [5.41, 5.74) is 1.57. The standard InChI is InChI=1S/C21H16N2O/c24-21(22-18-13-12-15-6-1-2-8-17(15)14-18)23-20-11-5-9-16-7-3-4-10-19(16)20/h1-14H,(H2,22,23,24). The number of nitrogens with one attached hydrogen (secondary N) is 2. The summed E-state index contributed by atoms with van der Waals surface area (Å²) in [7, 11) is 0. The molecule has 3 nitrogen and oxygen atoms in total. The molecule has 4 aromatic rings. The van der Waals surface area contributed by atoms with Gasteiger partial charge in [-0.3, -0.25) is 0 Å². The molecule has 3 heteroatoms. The minimum Gasteiger partial charge on any atom is -0.308 e. The van der Waals surface area contributed by atoms with Crippen molar-refractivity contribution in [3.63, 3.8) is 0 Å². The summed E-state index contributed by atoms with van der Waals surface area (Å²) in [6, 6.07) is 27.6. The van der Waals surface area contributed by atoms with E-state index in [-0.39, 0.29) is 6.03 Å². The second-order valence-electron chi connectivity index (χ2n) is 5.67. The Labute approximate surface area is 139 Å². The first kappa shape index (κ1) is 14.3. The number of hydrogen-bond acceptors (Lipinski definition) is 1. The molecule has 0 spiro atoms. The summed E-state index contributed by atoms with van der Waals surface area (Å²) in [5, 5.41) is 10.2. The van der Waals surface area contributed by atoms with Crippen molar-refractivity contribution in [3.05, 3.63) is 84.9 Å². The monoisotopic (exact) mass is 312 g/mol. The van der Waals surface area contributed by atoms with Crippen LogP contribution in [0.2, 0.25) is 0 Å². The van der Waals surface area contributed by atoms with Crippen molar-refractivity contribution in [2.24, 2.45) is 0 Å². The van der Waals surface area contributed by atoms with Gasteiger partial charge in [-0.2, -0.15) is 0 Å². The highest BCUT2D eigenvalue weighted by Gasteiger charge is 2.06. The lowest BCUT2D eigenvalue weighted by Crippen LogP contribution is -2.19. The summed E-state index contributed by atoms with van der Waals surface area (Å²) in [6.45, 7) is 0. The molecule has 0 bridgehead atoms.